The molecule has 0 aromatic heterocycles. The fourth-order valence-electron chi connectivity index (χ4n) is 2.76. The largest absolute Gasteiger partial charge is 0.312 e. The summed E-state index contributed by atoms with van der Waals surface area (Å²) >= 11 is 3.42. The number of aliphatic imine (C=N–C) groups is 1. The summed E-state index contributed by atoms with van der Waals surface area (Å²) in [6.07, 6.45) is 4.75. The van der Waals surface area contributed by atoms with Crippen molar-refractivity contribution in [3.63, 3.8) is 0 Å². The second-order valence-electron chi connectivity index (χ2n) is 5.05. The fraction of sp³-hybridized carbons (Fsp3) is 0.429. The van der Waals surface area contributed by atoms with E-state index in [2.05, 4.69) is 38.4 Å². The third-order valence-electron chi connectivity index (χ3n) is 3.74. The smallest absolute Gasteiger partial charge is 0.253 e. The van der Waals surface area contributed by atoms with Crippen molar-refractivity contribution in [3.8, 4) is 0 Å². The molecule has 4 heteroatoms. The van der Waals surface area contributed by atoms with E-state index in [1.807, 2.05) is 12.1 Å². The van der Waals surface area contributed by atoms with Crippen molar-refractivity contribution in [1.82, 2.24) is 5.32 Å². The number of rotatable bonds is 2. The number of carbonyl (C=O) groups is 1. The van der Waals surface area contributed by atoms with Crippen LogP contribution in [0.2, 0.25) is 0 Å². The lowest BCUT2D eigenvalue weighted by atomic mass is 9.99. The van der Waals surface area contributed by atoms with Gasteiger partial charge in [-0.1, -0.05) is 40.9 Å². The van der Waals surface area contributed by atoms with Gasteiger partial charge in [0.2, 0.25) is 0 Å². The molecule has 18 heavy (non-hydrogen) atoms. The zero-order valence-electron chi connectivity index (χ0n) is 10.1. The van der Waals surface area contributed by atoms with Crippen LogP contribution in [0.4, 0.5) is 0 Å². The molecule has 2 aliphatic rings. The number of benzene rings is 1. The van der Waals surface area contributed by atoms with Crippen LogP contribution in [0.3, 0.4) is 0 Å². The monoisotopic (exact) mass is 306 g/mol. The summed E-state index contributed by atoms with van der Waals surface area (Å²) in [5.41, 5.74) is 0.748. The topological polar surface area (TPSA) is 41.5 Å². The maximum atomic E-state index is 12.0. The van der Waals surface area contributed by atoms with Gasteiger partial charge >= 0.3 is 0 Å². The third-order valence-corrected chi connectivity index (χ3v) is 4.27. The first-order valence-electron chi connectivity index (χ1n) is 6.33. The zero-order chi connectivity index (χ0) is 12.6. The van der Waals surface area contributed by atoms with Crippen molar-refractivity contribution < 1.29 is 4.79 Å². The van der Waals surface area contributed by atoms with E-state index >= 15 is 0 Å². The first-order chi connectivity index (χ1) is 8.68. The van der Waals surface area contributed by atoms with Crippen molar-refractivity contribution in [2.45, 2.75) is 37.6 Å². The summed E-state index contributed by atoms with van der Waals surface area (Å²) in [5.74, 6) is 0.927. The van der Waals surface area contributed by atoms with E-state index in [4.69, 9.17) is 0 Å². The van der Waals surface area contributed by atoms with Gasteiger partial charge in [-0.15, -0.1) is 0 Å². The van der Waals surface area contributed by atoms with Crippen LogP contribution in [0.1, 0.15) is 31.2 Å². The molecule has 0 saturated heterocycles. The van der Waals surface area contributed by atoms with Crippen molar-refractivity contribution >= 4 is 27.7 Å². The highest BCUT2D eigenvalue weighted by molar-refractivity contribution is 9.10. The molecule has 1 saturated carbocycles. The number of nitrogens with zero attached hydrogens (tertiary/aromatic N) is 1. The van der Waals surface area contributed by atoms with Crippen LogP contribution in [0.5, 0.6) is 0 Å². The molecule has 1 N–H and O–H groups in total. The Morgan fingerprint density at radius 3 is 2.56 bits per heavy atom. The van der Waals surface area contributed by atoms with Gasteiger partial charge in [0.1, 0.15) is 11.4 Å². The number of nitrogens with one attached hydrogen (secondary N) is 1. The first-order valence-corrected chi connectivity index (χ1v) is 7.12. The second kappa shape index (κ2) is 4.50. The van der Waals surface area contributed by atoms with Crippen LogP contribution in [-0.2, 0) is 11.2 Å². The summed E-state index contributed by atoms with van der Waals surface area (Å²) in [5, 5.41) is 2.95. The van der Waals surface area contributed by atoms with Gasteiger partial charge in [-0.3, -0.25) is 9.79 Å². The van der Waals surface area contributed by atoms with Crippen LogP contribution in [0.25, 0.3) is 0 Å². The van der Waals surface area contributed by atoms with Crippen LogP contribution < -0.4 is 5.32 Å². The lowest BCUT2D eigenvalue weighted by Crippen LogP contribution is -2.37. The standard InChI is InChI=1S/C14H15BrN2O/c15-11-5-3-10(4-6-11)9-12-16-13(18)14(17-12)7-1-2-8-14/h3-6H,1-2,7-9H2,(H,16,17,18). The molecule has 1 heterocycles. The predicted molar refractivity (Wildman–Crippen MR) is 74.6 cm³/mol. The maximum absolute atomic E-state index is 12.0. The van der Waals surface area contributed by atoms with Gasteiger partial charge in [0, 0.05) is 10.9 Å². The molecular weight excluding hydrogens is 292 g/mol. The van der Waals surface area contributed by atoms with Crippen molar-refractivity contribution in [2.24, 2.45) is 4.99 Å². The van der Waals surface area contributed by atoms with E-state index in [-0.39, 0.29) is 5.91 Å². The average molecular weight is 307 g/mol. The molecule has 1 spiro atoms. The van der Waals surface area contributed by atoms with Gasteiger partial charge in [-0.25, -0.2) is 0 Å². The Bertz CT molecular complexity index is 501. The van der Waals surface area contributed by atoms with Gasteiger partial charge in [-0.2, -0.15) is 0 Å². The highest BCUT2D eigenvalue weighted by Gasteiger charge is 2.45. The van der Waals surface area contributed by atoms with E-state index in [1.165, 1.54) is 5.56 Å². The van der Waals surface area contributed by atoms with E-state index in [0.29, 0.717) is 6.42 Å². The van der Waals surface area contributed by atoms with Crippen LogP contribution in [0.15, 0.2) is 33.7 Å². The highest BCUT2D eigenvalue weighted by atomic mass is 79.9. The zero-order valence-corrected chi connectivity index (χ0v) is 11.7. The molecule has 1 aliphatic carbocycles. The Labute approximate surface area is 115 Å². The Hall–Kier alpha value is -1.16. The number of amidine groups is 1. The lowest BCUT2D eigenvalue weighted by molar-refractivity contribution is -0.123. The molecule has 1 aromatic rings. The molecule has 1 aromatic carbocycles. The number of halogens is 1. The SMILES string of the molecule is O=C1NC(Cc2ccc(Br)cc2)=NC12CCCC2. The molecular formula is C14H15BrN2O. The van der Waals surface area contributed by atoms with Crippen molar-refractivity contribution in [1.29, 1.82) is 0 Å². The summed E-state index contributed by atoms with van der Waals surface area (Å²) in [6, 6.07) is 8.13. The summed E-state index contributed by atoms with van der Waals surface area (Å²) in [4.78, 5) is 16.7. The second-order valence-corrected chi connectivity index (χ2v) is 5.97. The third kappa shape index (κ3) is 2.09. The summed E-state index contributed by atoms with van der Waals surface area (Å²) < 4.78 is 1.07. The Morgan fingerprint density at radius 2 is 1.89 bits per heavy atom. The average Bonchev–Trinajstić information content (AvgIpc) is 2.92. The van der Waals surface area contributed by atoms with Gasteiger partial charge < -0.3 is 5.32 Å². The quantitative estimate of drug-likeness (QED) is 0.897. The molecule has 94 valence electrons. The summed E-state index contributed by atoms with van der Waals surface area (Å²) in [6.45, 7) is 0. The van der Waals surface area contributed by atoms with Gasteiger partial charge in [-0.05, 0) is 30.5 Å². The van der Waals surface area contributed by atoms with Crippen LogP contribution in [0, 0.1) is 0 Å². The Kier molecular flexibility index (Phi) is 2.98. The molecule has 0 bridgehead atoms. The molecule has 1 amide bonds. The molecule has 0 atom stereocenters. The number of hydrogen-bond acceptors (Lipinski definition) is 2. The van der Waals surface area contributed by atoms with Crippen LogP contribution in [-0.4, -0.2) is 17.3 Å². The fourth-order valence-corrected chi connectivity index (χ4v) is 3.03. The normalized spacial score (nSPS) is 21.2. The van der Waals surface area contributed by atoms with E-state index in [1.54, 1.807) is 0 Å². The number of carbonyl (C=O) groups excluding carboxylic acids is 1. The molecule has 3 nitrogen and oxygen atoms in total. The molecule has 1 fully saturated rings. The van der Waals surface area contributed by atoms with E-state index in [9.17, 15) is 4.79 Å². The minimum absolute atomic E-state index is 0.104. The predicted octanol–water partition coefficient (Wildman–Crippen LogP) is 2.83. The molecule has 0 unspecified atom stereocenters. The van der Waals surface area contributed by atoms with Gasteiger partial charge in [0.15, 0.2) is 0 Å². The minimum Gasteiger partial charge on any atom is -0.312 e. The number of amides is 1. The van der Waals surface area contributed by atoms with E-state index < -0.39 is 5.54 Å². The van der Waals surface area contributed by atoms with E-state index in [0.717, 1.165) is 36.0 Å². The van der Waals surface area contributed by atoms with Crippen molar-refractivity contribution in [3.05, 3.63) is 34.3 Å². The van der Waals surface area contributed by atoms with Crippen LogP contribution >= 0.6 is 15.9 Å². The Morgan fingerprint density at radius 1 is 1.22 bits per heavy atom. The number of hydrogen-bond donors (Lipinski definition) is 1. The molecule has 1 aliphatic heterocycles. The minimum atomic E-state index is -0.426. The highest BCUT2D eigenvalue weighted by Crippen LogP contribution is 2.36. The van der Waals surface area contributed by atoms with Gasteiger partial charge in [0.25, 0.3) is 5.91 Å². The first kappa shape index (κ1) is 11.9. The van der Waals surface area contributed by atoms with Crippen molar-refractivity contribution in [2.75, 3.05) is 0 Å². The molecule has 3 rings (SSSR count). The summed E-state index contributed by atoms with van der Waals surface area (Å²) in [7, 11) is 0. The van der Waals surface area contributed by atoms with Gasteiger partial charge in [0.05, 0.1) is 0 Å². The maximum Gasteiger partial charge on any atom is 0.253 e. The lowest BCUT2D eigenvalue weighted by Gasteiger charge is -2.14. The Balaban J connectivity index is 1.78. The molecule has 0 radical (unpaired) electrons.